The normalized spacial score (nSPS) is 10.5. The van der Waals surface area contributed by atoms with E-state index in [9.17, 15) is 4.79 Å². The van der Waals surface area contributed by atoms with E-state index in [0.717, 1.165) is 5.56 Å². The number of carbonyl (C=O) groups is 1. The quantitative estimate of drug-likeness (QED) is 0.458. The highest BCUT2D eigenvalue weighted by atomic mass is 35.5. The van der Waals surface area contributed by atoms with Crippen LogP contribution in [-0.4, -0.2) is 16.1 Å². The van der Waals surface area contributed by atoms with Crippen molar-refractivity contribution in [1.82, 2.24) is 10.2 Å². The van der Waals surface area contributed by atoms with Gasteiger partial charge in [0.05, 0.1) is 12.1 Å². The number of hydrogen-bond donors (Lipinski definition) is 2. The summed E-state index contributed by atoms with van der Waals surface area (Å²) in [4.78, 5) is 12.7. The molecule has 0 unspecified atom stereocenters. The van der Waals surface area contributed by atoms with Crippen LogP contribution in [0.15, 0.2) is 83.3 Å². The van der Waals surface area contributed by atoms with Gasteiger partial charge in [-0.3, -0.25) is 4.79 Å². The van der Waals surface area contributed by atoms with Crippen LogP contribution in [0.1, 0.15) is 16.2 Å². The van der Waals surface area contributed by atoms with Crippen LogP contribution in [0.2, 0.25) is 5.02 Å². The Morgan fingerprint density at radius 3 is 2.55 bits per heavy atom. The summed E-state index contributed by atoms with van der Waals surface area (Å²) in [5, 5.41) is 14.7. The van der Waals surface area contributed by atoms with Crippen molar-refractivity contribution in [1.29, 1.82) is 0 Å². The molecule has 0 saturated heterocycles. The summed E-state index contributed by atoms with van der Waals surface area (Å²) in [6.45, 7) is 0.293. The Balaban J connectivity index is 1.46. The average molecular weight is 405 g/mol. The van der Waals surface area contributed by atoms with E-state index in [1.807, 2.05) is 42.5 Å². The second-order valence-electron chi connectivity index (χ2n) is 6.23. The maximum absolute atomic E-state index is 12.7. The minimum Gasteiger partial charge on any atom is -0.419 e. The first kappa shape index (κ1) is 18.7. The lowest BCUT2D eigenvalue weighted by Gasteiger charge is -2.11. The van der Waals surface area contributed by atoms with E-state index in [1.165, 1.54) is 0 Å². The van der Waals surface area contributed by atoms with Crippen LogP contribution >= 0.6 is 11.6 Å². The Labute approximate surface area is 172 Å². The summed E-state index contributed by atoms with van der Waals surface area (Å²) in [6.07, 6.45) is 0. The average Bonchev–Trinajstić information content (AvgIpc) is 3.22. The van der Waals surface area contributed by atoms with Crippen LogP contribution in [0.3, 0.4) is 0 Å². The molecule has 3 aromatic carbocycles. The third kappa shape index (κ3) is 4.62. The molecule has 6 nitrogen and oxygen atoms in total. The topological polar surface area (TPSA) is 80.0 Å². The van der Waals surface area contributed by atoms with E-state index < -0.39 is 0 Å². The first-order valence-electron chi connectivity index (χ1n) is 8.97. The molecule has 0 aliphatic heterocycles. The summed E-state index contributed by atoms with van der Waals surface area (Å²) in [5.41, 5.74) is 2.64. The molecule has 1 amide bonds. The van der Waals surface area contributed by atoms with E-state index >= 15 is 0 Å². The largest absolute Gasteiger partial charge is 0.419 e. The fourth-order valence-corrected chi connectivity index (χ4v) is 2.98. The van der Waals surface area contributed by atoms with Gasteiger partial charge >= 0.3 is 0 Å². The Hall–Kier alpha value is -3.64. The molecular formula is C22H17ClN4O2. The second kappa shape index (κ2) is 8.58. The van der Waals surface area contributed by atoms with Gasteiger partial charge in [0.2, 0.25) is 11.8 Å². The van der Waals surface area contributed by atoms with E-state index in [1.54, 1.807) is 36.4 Å². The molecule has 144 valence electrons. The summed E-state index contributed by atoms with van der Waals surface area (Å²) >= 11 is 5.98. The fraction of sp³-hybridized carbons (Fsp3) is 0.0455. The van der Waals surface area contributed by atoms with Crippen LogP contribution < -0.4 is 10.6 Å². The molecule has 0 atom stereocenters. The molecule has 2 N–H and O–H groups in total. The van der Waals surface area contributed by atoms with Crippen LogP contribution in [0.25, 0.3) is 11.5 Å². The Kier molecular flexibility index (Phi) is 5.54. The zero-order valence-electron chi connectivity index (χ0n) is 15.3. The molecule has 0 bridgehead atoms. The zero-order valence-corrected chi connectivity index (χ0v) is 16.1. The lowest BCUT2D eigenvalue weighted by atomic mass is 10.1. The molecule has 0 aliphatic carbocycles. The van der Waals surface area contributed by atoms with Gasteiger partial charge in [0.25, 0.3) is 5.91 Å². The number of anilines is 2. The van der Waals surface area contributed by atoms with Crippen molar-refractivity contribution in [3.63, 3.8) is 0 Å². The number of amides is 1. The highest BCUT2D eigenvalue weighted by Crippen LogP contribution is 2.21. The third-order valence-corrected chi connectivity index (χ3v) is 4.41. The van der Waals surface area contributed by atoms with Crippen molar-refractivity contribution in [2.45, 2.75) is 6.54 Å². The van der Waals surface area contributed by atoms with Gasteiger partial charge in [0.1, 0.15) is 0 Å². The second-order valence-corrected chi connectivity index (χ2v) is 6.67. The standard InChI is InChI=1S/C22H17ClN4O2/c23-16-9-6-10-17(13-16)25-21(28)18-11-4-5-12-19(18)24-14-20-26-27-22(29-20)15-7-2-1-3-8-15/h1-13,24H,14H2,(H,25,28). The number of para-hydroxylation sites is 1. The molecule has 1 heterocycles. The summed E-state index contributed by atoms with van der Waals surface area (Å²) < 4.78 is 5.70. The molecule has 0 saturated carbocycles. The number of rotatable bonds is 6. The van der Waals surface area contributed by atoms with Crippen molar-refractivity contribution in [3.8, 4) is 11.5 Å². The summed E-state index contributed by atoms with van der Waals surface area (Å²) in [5.74, 6) is 0.633. The van der Waals surface area contributed by atoms with Gasteiger partial charge in [-0.15, -0.1) is 10.2 Å². The molecule has 1 aromatic heterocycles. The predicted molar refractivity (Wildman–Crippen MR) is 113 cm³/mol. The van der Waals surface area contributed by atoms with Crippen molar-refractivity contribution in [3.05, 3.63) is 95.3 Å². The molecule has 4 aromatic rings. The van der Waals surface area contributed by atoms with Gasteiger partial charge < -0.3 is 15.1 Å². The van der Waals surface area contributed by atoms with Gasteiger partial charge in [0, 0.05) is 22.0 Å². The summed E-state index contributed by atoms with van der Waals surface area (Å²) in [6, 6.07) is 23.8. The molecule has 4 rings (SSSR count). The molecule has 29 heavy (non-hydrogen) atoms. The molecular weight excluding hydrogens is 388 g/mol. The number of halogens is 1. The van der Waals surface area contributed by atoms with Crippen molar-refractivity contribution in [2.75, 3.05) is 10.6 Å². The third-order valence-electron chi connectivity index (χ3n) is 4.17. The number of nitrogens with one attached hydrogen (secondary N) is 2. The van der Waals surface area contributed by atoms with Crippen molar-refractivity contribution >= 4 is 28.9 Å². The van der Waals surface area contributed by atoms with Crippen molar-refractivity contribution in [2.24, 2.45) is 0 Å². The molecule has 7 heteroatoms. The van der Waals surface area contributed by atoms with Gasteiger partial charge in [-0.2, -0.15) is 0 Å². The van der Waals surface area contributed by atoms with Crippen molar-refractivity contribution < 1.29 is 9.21 Å². The Bertz CT molecular complexity index is 1130. The van der Waals surface area contributed by atoms with Gasteiger partial charge in [-0.05, 0) is 42.5 Å². The van der Waals surface area contributed by atoms with E-state index in [0.29, 0.717) is 40.3 Å². The van der Waals surface area contributed by atoms with Crippen LogP contribution in [-0.2, 0) is 6.54 Å². The first-order valence-corrected chi connectivity index (χ1v) is 9.34. The minimum atomic E-state index is -0.245. The van der Waals surface area contributed by atoms with Crippen LogP contribution in [0.4, 0.5) is 11.4 Å². The Morgan fingerprint density at radius 2 is 1.72 bits per heavy atom. The van der Waals surface area contributed by atoms with E-state index in [2.05, 4.69) is 20.8 Å². The number of hydrogen-bond acceptors (Lipinski definition) is 5. The number of aromatic nitrogens is 2. The number of nitrogens with zero attached hydrogens (tertiary/aromatic N) is 2. The molecule has 0 radical (unpaired) electrons. The first-order chi connectivity index (χ1) is 14.2. The highest BCUT2D eigenvalue weighted by molar-refractivity contribution is 6.31. The monoisotopic (exact) mass is 404 g/mol. The lowest BCUT2D eigenvalue weighted by Crippen LogP contribution is -2.14. The summed E-state index contributed by atoms with van der Waals surface area (Å²) in [7, 11) is 0. The van der Waals surface area contributed by atoms with Gasteiger partial charge in [-0.1, -0.05) is 48.0 Å². The maximum Gasteiger partial charge on any atom is 0.257 e. The molecule has 0 spiro atoms. The van der Waals surface area contributed by atoms with Gasteiger partial charge in [-0.25, -0.2) is 0 Å². The highest BCUT2D eigenvalue weighted by Gasteiger charge is 2.13. The van der Waals surface area contributed by atoms with E-state index in [4.69, 9.17) is 16.0 Å². The Morgan fingerprint density at radius 1 is 0.931 bits per heavy atom. The number of carbonyl (C=O) groups excluding carboxylic acids is 1. The lowest BCUT2D eigenvalue weighted by molar-refractivity contribution is 0.102. The zero-order chi connectivity index (χ0) is 20.1. The number of benzene rings is 3. The SMILES string of the molecule is O=C(Nc1cccc(Cl)c1)c1ccccc1NCc1nnc(-c2ccccc2)o1. The minimum absolute atomic E-state index is 0.245. The van der Waals surface area contributed by atoms with Crippen LogP contribution in [0, 0.1) is 0 Å². The van der Waals surface area contributed by atoms with Gasteiger partial charge in [0.15, 0.2) is 0 Å². The predicted octanol–water partition coefficient (Wildman–Crippen LogP) is 5.25. The molecule has 0 fully saturated rings. The smallest absolute Gasteiger partial charge is 0.257 e. The maximum atomic E-state index is 12.7. The van der Waals surface area contributed by atoms with E-state index in [-0.39, 0.29) is 5.91 Å². The fourth-order valence-electron chi connectivity index (χ4n) is 2.79. The molecule has 0 aliphatic rings. The van der Waals surface area contributed by atoms with Crippen LogP contribution in [0.5, 0.6) is 0 Å².